The number of carbonyl (C=O) groups excluding carboxylic acids is 1. The van der Waals surface area contributed by atoms with Crippen molar-refractivity contribution >= 4 is 17.9 Å². The molecule has 0 aliphatic heterocycles. The summed E-state index contributed by atoms with van der Waals surface area (Å²) >= 11 is 0. The van der Waals surface area contributed by atoms with Crippen molar-refractivity contribution in [1.82, 2.24) is 10.2 Å². The lowest BCUT2D eigenvalue weighted by Crippen LogP contribution is -2.18. The number of aromatic amines is 1. The van der Waals surface area contributed by atoms with Crippen LogP contribution in [0.2, 0.25) is 0 Å². The van der Waals surface area contributed by atoms with Crippen LogP contribution in [-0.2, 0) is 4.74 Å². The number of hydrogen-bond acceptors (Lipinski definition) is 4. The summed E-state index contributed by atoms with van der Waals surface area (Å²) in [7, 11) is 0. The highest BCUT2D eigenvalue weighted by molar-refractivity contribution is 5.91. The van der Waals surface area contributed by atoms with Gasteiger partial charge in [-0.2, -0.15) is 5.10 Å². The third-order valence-corrected chi connectivity index (χ3v) is 4.79. The number of anilines is 1. The van der Waals surface area contributed by atoms with Gasteiger partial charge in [-0.1, -0.05) is 48.5 Å². The number of aromatic carboxylic acids is 1. The number of fused-ring (bicyclic) bond motifs is 3. The summed E-state index contributed by atoms with van der Waals surface area (Å²) in [6.45, 7) is 1.74. The molecule has 3 N–H and O–H groups in total. The summed E-state index contributed by atoms with van der Waals surface area (Å²) in [5.41, 5.74) is 4.82. The van der Waals surface area contributed by atoms with E-state index >= 15 is 0 Å². The number of amides is 1. The molecule has 0 spiro atoms. The van der Waals surface area contributed by atoms with E-state index in [0.29, 0.717) is 5.56 Å². The zero-order valence-corrected chi connectivity index (χ0v) is 14.5. The number of aromatic nitrogens is 2. The maximum Gasteiger partial charge on any atom is 0.412 e. The van der Waals surface area contributed by atoms with Gasteiger partial charge in [0.05, 0.1) is 0 Å². The highest BCUT2D eigenvalue weighted by atomic mass is 16.5. The summed E-state index contributed by atoms with van der Waals surface area (Å²) in [6, 6.07) is 16.1. The minimum Gasteiger partial charge on any atom is -0.477 e. The molecular formula is C20H17N3O4. The van der Waals surface area contributed by atoms with Crippen molar-refractivity contribution in [2.75, 3.05) is 11.9 Å². The van der Waals surface area contributed by atoms with Crippen molar-refractivity contribution in [3.8, 4) is 11.1 Å². The lowest BCUT2D eigenvalue weighted by Gasteiger charge is -2.14. The van der Waals surface area contributed by atoms with Gasteiger partial charge in [0.15, 0.2) is 5.82 Å². The van der Waals surface area contributed by atoms with Gasteiger partial charge in [0, 0.05) is 11.5 Å². The quantitative estimate of drug-likeness (QED) is 0.654. The summed E-state index contributed by atoms with van der Waals surface area (Å²) in [5.74, 6) is -1.04. The van der Waals surface area contributed by atoms with Crippen LogP contribution < -0.4 is 5.32 Å². The summed E-state index contributed by atoms with van der Waals surface area (Å²) in [5, 5.41) is 17.7. The molecule has 1 heterocycles. The van der Waals surface area contributed by atoms with Gasteiger partial charge in [0.25, 0.3) is 0 Å². The van der Waals surface area contributed by atoms with Gasteiger partial charge in [0.2, 0.25) is 0 Å². The molecule has 0 saturated carbocycles. The van der Waals surface area contributed by atoms with E-state index in [9.17, 15) is 9.59 Å². The van der Waals surface area contributed by atoms with Gasteiger partial charge < -0.3 is 9.84 Å². The third-order valence-electron chi connectivity index (χ3n) is 4.79. The van der Waals surface area contributed by atoms with E-state index in [4.69, 9.17) is 9.84 Å². The lowest BCUT2D eigenvalue weighted by atomic mass is 9.98. The number of rotatable bonds is 4. The van der Waals surface area contributed by atoms with Crippen LogP contribution in [0.3, 0.4) is 0 Å². The second kappa shape index (κ2) is 6.60. The van der Waals surface area contributed by atoms with E-state index in [1.54, 1.807) is 6.92 Å². The maximum absolute atomic E-state index is 12.2. The van der Waals surface area contributed by atoms with Gasteiger partial charge in [0.1, 0.15) is 12.3 Å². The van der Waals surface area contributed by atoms with Crippen molar-refractivity contribution in [2.45, 2.75) is 12.8 Å². The third kappa shape index (κ3) is 2.93. The number of hydrogen-bond donors (Lipinski definition) is 3. The number of ether oxygens (including phenoxy) is 1. The highest BCUT2D eigenvalue weighted by Crippen LogP contribution is 2.44. The highest BCUT2D eigenvalue weighted by Gasteiger charge is 2.29. The predicted molar refractivity (Wildman–Crippen MR) is 99.0 cm³/mol. The van der Waals surface area contributed by atoms with Gasteiger partial charge in [-0.15, -0.1) is 0 Å². The van der Waals surface area contributed by atoms with Crippen LogP contribution >= 0.6 is 0 Å². The Morgan fingerprint density at radius 1 is 1.11 bits per heavy atom. The molecule has 4 rings (SSSR count). The molecule has 0 fully saturated rings. The molecule has 7 nitrogen and oxygen atoms in total. The van der Waals surface area contributed by atoms with E-state index in [1.165, 1.54) is 0 Å². The Balaban J connectivity index is 1.49. The van der Waals surface area contributed by atoms with Crippen LogP contribution in [0.5, 0.6) is 0 Å². The van der Waals surface area contributed by atoms with Crippen LogP contribution in [0.1, 0.15) is 33.1 Å². The van der Waals surface area contributed by atoms with Crippen molar-refractivity contribution in [1.29, 1.82) is 0 Å². The van der Waals surface area contributed by atoms with Crippen LogP contribution in [-0.4, -0.2) is 34.0 Å². The molecule has 0 bridgehead atoms. The number of nitrogens with zero attached hydrogens (tertiary/aromatic N) is 1. The fourth-order valence-corrected chi connectivity index (χ4v) is 3.46. The molecule has 1 amide bonds. The molecular weight excluding hydrogens is 346 g/mol. The zero-order chi connectivity index (χ0) is 19.0. The predicted octanol–water partition coefficient (Wildman–Crippen LogP) is 3.78. The van der Waals surface area contributed by atoms with Gasteiger partial charge >= 0.3 is 12.1 Å². The second-order valence-corrected chi connectivity index (χ2v) is 6.33. The average Bonchev–Trinajstić information content (AvgIpc) is 3.18. The Kier molecular flexibility index (Phi) is 4.12. The normalized spacial score (nSPS) is 12.3. The Hall–Kier alpha value is -3.61. The molecule has 2 aromatic carbocycles. The zero-order valence-electron chi connectivity index (χ0n) is 14.5. The largest absolute Gasteiger partial charge is 0.477 e. The number of benzene rings is 2. The SMILES string of the molecule is Cc1c(NC(=O)OCC2c3ccccc3-c3ccccc32)n[nH]c1C(=O)O. The Bertz CT molecular complexity index is 996. The topological polar surface area (TPSA) is 104 Å². The Morgan fingerprint density at radius 3 is 2.26 bits per heavy atom. The number of carboxylic acid groups (broad SMARTS) is 1. The van der Waals surface area contributed by atoms with E-state index in [1.807, 2.05) is 36.4 Å². The van der Waals surface area contributed by atoms with E-state index in [-0.39, 0.29) is 24.0 Å². The molecule has 0 saturated heterocycles. The van der Waals surface area contributed by atoms with Gasteiger partial charge in [-0.05, 0) is 29.2 Å². The van der Waals surface area contributed by atoms with Crippen molar-refractivity contribution in [3.05, 3.63) is 70.9 Å². The van der Waals surface area contributed by atoms with Crippen molar-refractivity contribution < 1.29 is 19.4 Å². The Labute approximate surface area is 155 Å². The van der Waals surface area contributed by atoms with Crippen LogP contribution in [0.15, 0.2) is 48.5 Å². The number of carboxylic acids is 1. The molecule has 0 atom stereocenters. The van der Waals surface area contributed by atoms with Crippen molar-refractivity contribution in [2.24, 2.45) is 0 Å². The van der Waals surface area contributed by atoms with Gasteiger partial charge in [-0.3, -0.25) is 10.4 Å². The summed E-state index contributed by atoms with van der Waals surface area (Å²) in [6.07, 6.45) is -0.677. The monoisotopic (exact) mass is 363 g/mol. The summed E-state index contributed by atoms with van der Waals surface area (Å²) in [4.78, 5) is 23.2. The molecule has 136 valence electrons. The lowest BCUT2D eigenvalue weighted by molar-refractivity contribution is 0.0689. The molecule has 1 aliphatic rings. The molecule has 1 aromatic heterocycles. The van der Waals surface area contributed by atoms with Crippen molar-refractivity contribution in [3.63, 3.8) is 0 Å². The Morgan fingerprint density at radius 2 is 1.70 bits per heavy atom. The standard InChI is InChI=1S/C20H17N3O4/c1-11-17(19(24)25)22-23-18(11)21-20(26)27-10-16-14-8-4-2-6-12(14)13-7-3-5-9-15(13)16/h2-9,16H,10H2,1H3,(H,24,25)(H2,21,22,23,26). The number of nitrogens with one attached hydrogen (secondary N) is 2. The maximum atomic E-state index is 12.2. The first-order valence-corrected chi connectivity index (χ1v) is 8.46. The first-order valence-electron chi connectivity index (χ1n) is 8.46. The number of H-pyrrole nitrogens is 1. The van der Waals surface area contributed by atoms with Gasteiger partial charge in [-0.25, -0.2) is 9.59 Å². The fourth-order valence-electron chi connectivity index (χ4n) is 3.46. The first-order chi connectivity index (χ1) is 13.1. The minimum absolute atomic E-state index is 0.0435. The van der Waals surface area contributed by atoms with E-state index < -0.39 is 12.1 Å². The molecule has 3 aromatic rings. The molecule has 1 aliphatic carbocycles. The van der Waals surface area contributed by atoms with E-state index in [2.05, 4.69) is 27.6 Å². The van der Waals surface area contributed by atoms with E-state index in [0.717, 1.165) is 22.3 Å². The molecule has 27 heavy (non-hydrogen) atoms. The molecule has 0 unspecified atom stereocenters. The average molecular weight is 363 g/mol. The second-order valence-electron chi connectivity index (χ2n) is 6.33. The van der Waals surface area contributed by atoms with Crippen LogP contribution in [0.4, 0.5) is 10.6 Å². The summed E-state index contributed by atoms with van der Waals surface area (Å²) < 4.78 is 5.42. The van der Waals surface area contributed by atoms with Crippen LogP contribution in [0, 0.1) is 6.92 Å². The number of carbonyl (C=O) groups is 2. The smallest absolute Gasteiger partial charge is 0.412 e. The molecule has 0 radical (unpaired) electrons. The van der Waals surface area contributed by atoms with Crippen LogP contribution in [0.25, 0.3) is 11.1 Å². The fraction of sp³-hybridized carbons (Fsp3) is 0.150. The minimum atomic E-state index is -1.14. The molecule has 7 heteroatoms. The first kappa shape index (κ1) is 16.8.